The molecule has 0 aromatic rings. The second kappa shape index (κ2) is 6.60. The van der Waals surface area contributed by atoms with Gasteiger partial charge in [-0.15, -0.1) is 0 Å². The third-order valence-electron chi connectivity index (χ3n) is 6.37. The van der Waals surface area contributed by atoms with Crippen LogP contribution in [0.4, 0.5) is 0 Å². The number of carbonyl (C=O) groups is 3. The fourth-order valence-electron chi connectivity index (χ4n) is 4.98. The summed E-state index contributed by atoms with van der Waals surface area (Å²) in [6.07, 6.45) is -1.38. The Morgan fingerprint density at radius 2 is 1.93 bits per heavy atom. The third kappa shape index (κ3) is 3.14. The Labute approximate surface area is 157 Å². The van der Waals surface area contributed by atoms with Gasteiger partial charge < -0.3 is 24.4 Å². The fourth-order valence-corrected chi connectivity index (χ4v) is 4.98. The summed E-state index contributed by atoms with van der Waals surface area (Å²) in [4.78, 5) is 35.0. The van der Waals surface area contributed by atoms with Crippen molar-refractivity contribution >= 4 is 17.9 Å². The van der Waals surface area contributed by atoms with E-state index in [1.165, 1.54) is 13.8 Å². The summed E-state index contributed by atoms with van der Waals surface area (Å²) >= 11 is 0. The quantitative estimate of drug-likeness (QED) is 0.539. The van der Waals surface area contributed by atoms with Crippen LogP contribution in [0.25, 0.3) is 0 Å². The molecule has 0 spiro atoms. The molecule has 6 atom stereocenters. The highest BCUT2D eigenvalue weighted by atomic mass is 16.6. The minimum absolute atomic E-state index is 0.111. The van der Waals surface area contributed by atoms with Gasteiger partial charge >= 0.3 is 17.9 Å². The van der Waals surface area contributed by atoms with Crippen LogP contribution in [-0.2, 0) is 28.6 Å². The van der Waals surface area contributed by atoms with Gasteiger partial charge in [-0.05, 0) is 25.3 Å². The number of esters is 3. The summed E-state index contributed by atoms with van der Waals surface area (Å²) in [7, 11) is 0. The lowest BCUT2D eigenvalue weighted by molar-refractivity contribution is -0.244. The third-order valence-corrected chi connectivity index (χ3v) is 6.37. The van der Waals surface area contributed by atoms with Crippen molar-refractivity contribution in [1.82, 2.24) is 0 Å². The standard InChI is InChI=1S/C19H26O8/c1-9(20)25-8-12-11-5-6-18(3)13(22)7-14(26-10(2)21)19(4,24)16(18)15(11)27-17(12)23/h13-16,22,24H,5-8H2,1-4H3/t13-,14+,15+,16-,18+,19-/m1/s1. The van der Waals surface area contributed by atoms with E-state index in [4.69, 9.17) is 14.2 Å². The SMILES string of the molecule is CC(=O)OCC1=C2CC[C@@]3(C)[C@H](O)C[C@H](OC(C)=O)[C@@](C)(O)[C@@H]3[C@H]2OC1=O. The maximum Gasteiger partial charge on any atom is 0.338 e. The normalized spacial score (nSPS) is 40.7. The Morgan fingerprint density at radius 3 is 2.52 bits per heavy atom. The zero-order valence-corrected chi connectivity index (χ0v) is 16.0. The van der Waals surface area contributed by atoms with Crippen molar-refractivity contribution in [2.75, 3.05) is 6.61 Å². The predicted octanol–water partition coefficient (Wildman–Crippen LogP) is 0.635. The molecule has 0 aromatic carbocycles. The van der Waals surface area contributed by atoms with E-state index >= 15 is 0 Å². The van der Waals surface area contributed by atoms with Crippen molar-refractivity contribution < 1.29 is 38.8 Å². The molecule has 2 N–H and O–H groups in total. The van der Waals surface area contributed by atoms with Gasteiger partial charge in [0.1, 0.15) is 24.4 Å². The van der Waals surface area contributed by atoms with Crippen LogP contribution in [0.3, 0.4) is 0 Å². The van der Waals surface area contributed by atoms with Crippen LogP contribution in [0.1, 0.15) is 47.0 Å². The monoisotopic (exact) mass is 382 g/mol. The lowest BCUT2D eigenvalue weighted by Crippen LogP contribution is -2.67. The van der Waals surface area contributed by atoms with Gasteiger partial charge in [0, 0.05) is 31.6 Å². The molecule has 2 saturated carbocycles. The average molecular weight is 382 g/mol. The molecule has 3 rings (SSSR count). The maximum absolute atomic E-state index is 12.4. The van der Waals surface area contributed by atoms with Gasteiger partial charge in [0.15, 0.2) is 0 Å². The molecular formula is C19H26O8. The maximum atomic E-state index is 12.4. The first-order valence-corrected chi connectivity index (χ1v) is 9.12. The minimum atomic E-state index is -1.51. The van der Waals surface area contributed by atoms with Crippen LogP contribution in [0.2, 0.25) is 0 Å². The van der Waals surface area contributed by atoms with E-state index in [2.05, 4.69) is 0 Å². The zero-order chi connectivity index (χ0) is 20.1. The van der Waals surface area contributed by atoms with E-state index in [-0.39, 0.29) is 18.6 Å². The van der Waals surface area contributed by atoms with Crippen LogP contribution in [0.5, 0.6) is 0 Å². The van der Waals surface area contributed by atoms with Crippen LogP contribution in [0.15, 0.2) is 11.1 Å². The highest BCUT2D eigenvalue weighted by Crippen LogP contribution is 2.58. The molecule has 27 heavy (non-hydrogen) atoms. The van der Waals surface area contributed by atoms with Crippen LogP contribution < -0.4 is 0 Å². The molecule has 0 unspecified atom stereocenters. The number of aliphatic hydroxyl groups excluding tert-OH is 1. The smallest absolute Gasteiger partial charge is 0.338 e. The minimum Gasteiger partial charge on any atom is -0.461 e. The Kier molecular flexibility index (Phi) is 4.84. The molecule has 150 valence electrons. The molecule has 8 nitrogen and oxygen atoms in total. The molecule has 0 amide bonds. The molecular weight excluding hydrogens is 356 g/mol. The van der Waals surface area contributed by atoms with E-state index in [1.807, 2.05) is 6.92 Å². The lowest BCUT2D eigenvalue weighted by Gasteiger charge is -2.58. The number of hydrogen-bond acceptors (Lipinski definition) is 8. The number of hydrogen-bond donors (Lipinski definition) is 2. The van der Waals surface area contributed by atoms with Gasteiger partial charge in [-0.1, -0.05) is 6.92 Å². The van der Waals surface area contributed by atoms with Crippen LogP contribution in [0, 0.1) is 11.3 Å². The fraction of sp³-hybridized carbons (Fsp3) is 0.737. The number of carbonyl (C=O) groups excluding carboxylic acids is 3. The molecule has 8 heteroatoms. The summed E-state index contributed by atoms with van der Waals surface area (Å²) in [5, 5.41) is 22.1. The van der Waals surface area contributed by atoms with Gasteiger partial charge in [0.25, 0.3) is 0 Å². The molecule has 2 aliphatic carbocycles. The second-order valence-electron chi connectivity index (χ2n) is 8.17. The van der Waals surface area contributed by atoms with E-state index in [0.29, 0.717) is 18.4 Å². The van der Waals surface area contributed by atoms with Crippen molar-refractivity contribution in [1.29, 1.82) is 0 Å². The molecule has 0 saturated heterocycles. The summed E-state index contributed by atoms with van der Waals surface area (Å²) < 4.78 is 15.8. The summed E-state index contributed by atoms with van der Waals surface area (Å²) in [6, 6.07) is 0. The average Bonchev–Trinajstić information content (AvgIpc) is 2.85. The van der Waals surface area contributed by atoms with Gasteiger partial charge in [-0.3, -0.25) is 9.59 Å². The Hall–Kier alpha value is -1.93. The van der Waals surface area contributed by atoms with E-state index in [0.717, 1.165) is 0 Å². The summed E-state index contributed by atoms with van der Waals surface area (Å²) in [5.74, 6) is -2.31. The van der Waals surface area contributed by atoms with E-state index in [9.17, 15) is 24.6 Å². The Bertz CT molecular complexity index is 708. The number of aliphatic hydroxyl groups is 2. The molecule has 2 fully saturated rings. The predicted molar refractivity (Wildman–Crippen MR) is 91.2 cm³/mol. The first-order valence-electron chi connectivity index (χ1n) is 9.12. The largest absolute Gasteiger partial charge is 0.461 e. The summed E-state index contributed by atoms with van der Waals surface area (Å²) in [5.41, 5.74) is -1.25. The van der Waals surface area contributed by atoms with E-state index < -0.39 is 53.2 Å². The first-order chi connectivity index (χ1) is 12.5. The number of fused-ring (bicyclic) bond motifs is 3. The van der Waals surface area contributed by atoms with Gasteiger partial charge in [0.05, 0.1) is 11.7 Å². The lowest BCUT2D eigenvalue weighted by atomic mass is 9.51. The number of ether oxygens (including phenoxy) is 3. The molecule has 0 radical (unpaired) electrons. The summed E-state index contributed by atoms with van der Waals surface area (Å²) in [6.45, 7) is 5.73. The molecule has 0 bridgehead atoms. The van der Waals surface area contributed by atoms with Crippen molar-refractivity contribution in [3.05, 3.63) is 11.1 Å². The van der Waals surface area contributed by atoms with Crippen LogP contribution in [-0.4, -0.2) is 58.6 Å². The molecule has 0 aromatic heterocycles. The Balaban J connectivity index is 2.00. The van der Waals surface area contributed by atoms with E-state index in [1.54, 1.807) is 6.92 Å². The van der Waals surface area contributed by atoms with Gasteiger partial charge in [-0.2, -0.15) is 0 Å². The van der Waals surface area contributed by atoms with Crippen molar-refractivity contribution in [3.8, 4) is 0 Å². The topological polar surface area (TPSA) is 119 Å². The number of rotatable bonds is 3. The molecule has 1 aliphatic heterocycles. The Morgan fingerprint density at radius 1 is 1.26 bits per heavy atom. The highest BCUT2D eigenvalue weighted by Gasteiger charge is 2.65. The first kappa shape index (κ1) is 19.8. The zero-order valence-electron chi connectivity index (χ0n) is 16.0. The highest BCUT2D eigenvalue weighted by molar-refractivity contribution is 5.93. The molecule has 1 heterocycles. The van der Waals surface area contributed by atoms with Crippen LogP contribution >= 0.6 is 0 Å². The second-order valence-corrected chi connectivity index (χ2v) is 8.17. The van der Waals surface area contributed by atoms with Crippen molar-refractivity contribution in [3.63, 3.8) is 0 Å². The van der Waals surface area contributed by atoms with Crippen molar-refractivity contribution in [2.24, 2.45) is 11.3 Å². The van der Waals surface area contributed by atoms with Gasteiger partial charge in [-0.25, -0.2) is 4.79 Å². The van der Waals surface area contributed by atoms with Gasteiger partial charge in [0.2, 0.25) is 0 Å². The molecule has 3 aliphatic rings. The van der Waals surface area contributed by atoms with Crippen molar-refractivity contribution in [2.45, 2.75) is 70.9 Å².